The van der Waals surface area contributed by atoms with Gasteiger partial charge in [-0.3, -0.25) is 4.79 Å². The first-order valence-corrected chi connectivity index (χ1v) is 9.90. The predicted molar refractivity (Wildman–Crippen MR) is 96.1 cm³/mol. The number of hydrogen-bond acceptors (Lipinski definition) is 4. The normalized spacial score (nSPS) is 18.0. The van der Waals surface area contributed by atoms with Crippen LogP contribution in [0.4, 0.5) is 0 Å². The van der Waals surface area contributed by atoms with Gasteiger partial charge >= 0.3 is 0 Å². The highest BCUT2D eigenvalue weighted by Crippen LogP contribution is 2.43. The van der Waals surface area contributed by atoms with Crippen LogP contribution in [-0.4, -0.2) is 17.6 Å². The molecule has 3 rings (SSSR count). The third-order valence-electron chi connectivity index (χ3n) is 4.64. The zero-order valence-electron chi connectivity index (χ0n) is 13.4. The van der Waals surface area contributed by atoms with Crippen molar-refractivity contribution in [1.29, 1.82) is 0 Å². The molecular weight excluding hydrogens is 326 g/mol. The molecule has 0 saturated heterocycles. The van der Waals surface area contributed by atoms with E-state index in [2.05, 4.69) is 16.8 Å². The van der Waals surface area contributed by atoms with E-state index in [0.29, 0.717) is 6.54 Å². The molecule has 1 aliphatic rings. The Balaban J connectivity index is 1.59. The van der Waals surface area contributed by atoms with Gasteiger partial charge in [0, 0.05) is 21.2 Å². The highest BCUT2D eigenvalue weighted by molar-refractivity contribution is 7.12. The average Bonchev–Trinajstić information content (AvgIpc) is 3.27. The quantitative estimate of drug-likeness (QED) is 0.827. The van der Waals surface area contributed by atoms with Crippen molar-refractivity contribution in [3.8, 4) is 0 Å². The second-order valence-electron chi connectivity index (χ2n) is 6.25. The molecule has 0 unspecified atom stereocenters. The summed E-state index contributed by atoms with van der Waals surface area (Å²) < 4.78 is 0. The van der Waals surface area contributed by atoms with E-state index in [0.717, 1.165) is 37.0 Å². The summed E-state index contributed by atoms with van der Waals surface area (Å²) in [6.45, 7) is 2.44. The Morgan fingerprint density at radius 2 is 2.13 bits per heavy atom. The molecule has 1 atom stereocenters. The van der Waals surface area contributed by atoms with E-state index < -0.39 is 6.10 Å². The molecule has 2 aromatic heterocycles. The first kappa shape index (κ1) is 16.7. The number of carbonyl (C=O) groups is 1. The number of thiophene rings is 2. The van der Waals surface area contributed by atoms with E-state index in [9.17, 15) is 9.90 Å². The number of nitrogens with one attached hydrogen (secondary N) is 1. The summed E-state index contributed by atoms with van der Waals surface area (Å²) in [6.07, 6.45) is 4.60. The minimum Gasteiger partial charge on any atom is -0.388 e. The molecule has 2 aromatic rings. The SMILES string of the molecule is C[C@H](O)c1ccc(CCNC(=O)C2(c3cccs3)CCCC2)s1. The third kappa shape index (κ3) is 3.52. The summed E-state index contributed by atoms with van der Waals surface area (Å²) in [5.74, 6) is 0.185. The summed E-state index contributed by atoms with van der Waals surface area (Å²) in [7, 11) is 0. The van der Waals surface area contributed by atoms with Crippen molar-refractivity contribution in [1.82, 2.24) is 5.32 Å². The first-order valence-electron chi connectivity index (χ1n) is 8.21. The van der Waals surface area contributed by atoms with Gasteiger partial charge in [0.2, 0.25) is 5.91 Å². The van der Waals surface area contributed by atoms with Crippen LogP contribution in [0.2, 0.25) is 0 Å². The maximum absolute atomic E-state index is 12.8. The molecule has 3 nitrogen and oxygen atoms in total. The van der Waals surface area contributed by atoms with Crippen LogP contribution in [0.25, 0.3) is 0 Å². The van der Waals surface area contributed by atoms with Crippen molar-refractivity contribution in [2.45, 2.75) is 50.5 Å². The van der Waals surface area contributed by atoms with Crippen LogP contribution in [0.5, 0.6) is 0 Å². The van der Waals surface area contributed by atoms with Gasteiger partial charge in [0.25, 0.3) is 0 Å². The molecule has 1 amide bonds. The number of rotatable bonds is 6. The third-order valence-corrected chi connectivity index (χ3v) is 7.03. The fraction of sp³-hybridized carbons (Fsp3) is 0.500. The van der Waals surface area contributed by atoms with Gasteiger partial charge in [-0.25, -0.2) is 0 Å². The maximum atomic E-state index is 12.8. The van der Waals surface area contributed by atoms with Crippen LogP contribution < -0.4 is 5.32 Å². The van der Waals surface area contributed by atoms with Crippen LogP contribution >= 0.6 is 22.7 Å². The number of amides is 1. The Labute approximate surface area is 145 Å². The van der Waals surface area contributed by atoms with Gasteiger partial charge in [-0.15, -0.1) is 22.7 Å². The van der Waals surface area contributed by atoms with E-state index >= 15 is 0 Å². The standard InChI is InChI=1S/C18H23NO2S2/c1-13(20)15-7-6-14(23-15)8-11-19-17(21)18(9-2-3-10-18)16-5-4-12-22-16/h4-7,12-13,20H,2-3,8-11H2,1H3,(H,19,21)/t13-/m0/s1. The Morgan fingerprint density at radius 1 is 1.35 bits per heavy atom. The van der Waals surface area contributed by atoms with E-state index in [1.165, 1.54) is 9.75 Å². The van der Waals surface area contributed by atoms with Crippen LogP contribution in [0.3, 0.4) is 0 Å². The fourth-order valence-electron chi connectivity index (χ4n) is 3.34. The van der Waals surface area contributed by atoms with E-state index in [1.54, 1.807) is 29.6 Å². The van der Waals surface area contributed by atoms with Crippen LogP contribution in [0.15, 0.2) is 29.6 Å². The lowest BCUT2D eigenvalue weighted by Gasteiger charge is -2.26. The average molecular weight is 350 g/mol. The number of hydrogen-bond donors (Lipinski definition) is 2. The zero-order chi connectivity index (χ0) is 16.3. The molecule has 124 valence electrons. The molecular formula is C18H23NO2S2. The minimum absolute atomic E-state index is 0.185. The van der Waals surface area contributed by atoms with Crippen molar-refractivity contribution in [2.75, 3.05) is 6.54 Å². The molecule has 1 saturated carbocycles. The largest absolute Gasteiger partial charge is 0.388 e. The van der Waals surface area contributed by atoms with Gasteiger partial charge in [0.05, 0.1) is 11.5 Å². The van der Waals surface area contributed by atoms with Crippen molar-refractivity contribution in [3.05, 3.63) is 44.3 Å². The zero-order valence-corrected chi connectivity index (χ0v) is 15.0. The topological polar surface area (TPSA) is 49.3 Å². The molecule has 0 radical (unpaired) electrons. The summed E-state index contributed by atoms with van der Waals surface area (Å²) in [6, 6.07) is 8.15. The number of aliphatic hydroxyl groups excluding tert-OH is 1. The molecule has 2 N–H and O–H groups in total. The van der Waals surface area contributed by atoms with Gasteiger partial charge in [-0.1, -0.05) is 18.9 Å². The summed E-state index contributed by atoms with van der Waals surface area (Å²) in [4.78, 5) is 16.2. The molecule has 0 aliphatic heterocycles. The van der Waals surface area contributed by atoms with Gasteiger partial charge in [-0.05, 0) is 49.8 Å². The lowest BCUT2D eigenvalue weighted by molar-refractivity contribution is -0.126. The highest BCUT2D eigenvalue weighted by Gasteiger charge is 2.43. The maximum Gasteiger partial charge on any atom is 0.231 e. The Bertz CT molecular complexity index is 640. The van der Waals surface area contributed by atoms with Crippen molar-refractivity contribution < 1.29 is 9.90 Å². The van der Waals surface area contributed by atoms with Crippen LogP contribution in [0, 0.1) is 0 Å². The summed E-state index contributed by atoms with van der Waals surface area (Å²) in [5.41, 5.74) is -0.297. The molecule has 1 fully saturated rings. The monoisotopic (exact) mass is 349 g/mol. The number of carbonyl (C=O) groups excluding carboxylic acids is 1. The molecule has 0 spiro atoms. The van der Waals surface area contributed by atoms with Crippen molar-refractivity contribution in [3.63, 3.8) is 0 Å². The molecule has 1 aliphatic carbocycles. The first-order chi connectivity index (χ1) is 11.1. The highest BCUT2D eigenvalue weighted by atomic mass is 32.1. The lowest BCUT2D eigenvalue weighted by Crippen LogP contribution is -2.42. The van der Waals surface area contributed by atoms with Gasteiger partial charge < -0.3 is 10.4 Å². The van der Waals surface area contributed by atoms with Crippen molar-refractivity contribution in [2.24, 2.45) is 0 Å². The van der Waals surface area contributed by atoms with Crippen LogP contribution in [-0.2, 0) is 16.6 Å². The van der Waals surface area contributed by atoms with Gasteiger partial charge in [0.15, 0.2) is 0 Å². The molecule has 23 heavy (non-hydrogen) atoms. The van der Waals surface area contributed by atoms with Gasteiger partial charge in [-0.2, -0.15) is 0 Å². The second kappa shape index (κ2) is 7.16. The smallest absolute Gasteiger partial charge is 0.231 e. The number of aliphatic hydroxyl groups is 1. The van der Waals surface area contributed by atoms with E-state index in [-0.39, 0.29) is 11.3 Å². The molecule has 0 bridgehead atoms. The Hall–Kier alpha value is -1.17. The Morgan fingerprint density at radius 3 is 2.74 bits per heavy atom. The molecule has 0 aromatic carbocycles. The molecule has 2 heterocycles. The predicted octanol–water partition coefficient (Wildman–Crippen LogP) is 4.03. The second-order valence-corrected chi connectivity index (χ2v) is 8.40. The van der Waals surface area contributed by atoms with Crippen LogP contribution in [0.1, 0.15) is 53.3 Å². The minimum atomic E-state index is -0.413. The lowest BCUT2D eigenvalue weighted by atomic mass is 9.83. The summed E-state index contributed by atoms with van der Waals surface area (Å²) in [5, 5.41) is 14.8. The summed E-state index contributed by atoms with van der Waals surface area (Å²) >= 11 is 3.32. The van der Waals surface area contributed by atoms with Crippen molar-refractivity contribution >= 4 is 28.6 Å². The Kier molecular flexibility index (Phi) is 5.19. The van der Waals surface area contributed by atoms with E-state index in [1.807, 2.05) is 18.2 Å². The fourth-order valence-corrected chi connectivity index (χ4v) is 5.27. The van der Waals surface area contributed by atoms with Gasteiger partial charge in [0.1, 0.15) is 0 Å². The molecule has 5 heteroatoms. The van der Waals surface area contributed by atoms with E-state index in [4.69, 9.17) is 0 Å².